The van der Waals surface area contributed by atoms with Crippen LogP contribution in [0.25, 0.3) is 0 Å². The van der Waals surface area contributed by atoms with Crippen LogP contribution in [0.1, 0.15) is 48.0 Å². The Labute approximate surface area is 232 Å². The van der Waals surface area contributed by atoms with Crippen LogP contribution in [-0.4, -0.2) is 10.9 Å². The maximum atomic E-state index is 12.3. The fraction of sp³-hybridized carbons (Fsp3) is 0.185. The van der Waals surface area contributed by atoms with Crippen molar-refractivity contribution in [3.8, 4) is 5.75 Å². The molecule has 32 heavy (non-hydrogen) atoms. The van der Waals surface area contributed by atoms with Crippen LogP contribution in [0.5, 0.6) is 5.75 Å². The van der Waals surface area contributed by atoms with Crippen LogP contribution in [0.2, 0.25) is 0 Å². The second-order valence-electron chi connectivity index (χ2n) is 7.99. The normalized spacial score (nSPS) is 10.3. The average Bonchev–Trinajstić information content (AvgIpc) is 3.35. The third-order valence-electron chi connectivity index (χ3n) is 4.48. The van der Waals surface area contributed by atoms with Gasteiger partial charge in [-0.1, -0.05) is 75.4 Å². The Morgan fingerprint density at radius 1 is 0.938 bits per heavy atom. The Bertz CT molecular complexity index is 1060. The molecule has 0 atom stereocenters. The zero-order valence-electron chi connectivity index (χ0n) is 19.0. The number of carbonyl (C=O) groups excluding carboxylic acids is 1. The van der Waals surface area contributed by atoms with Crippen molar-refractivity contribution in [1.82, 2.24) is 5.16 Å². The van der Waals surface area contributed by atoms with Gasteiger partial charge in [0.1, 0.15) is 6.61 Å². The quantitative estimate of drug-likeness (QED) is 0.266. The summed E-state index contributed by atoms with van der Waals surface area (Å²) in [5, 5.41) is 3.49. The molecule has 4 aromatic rings. The molecule has 0 bridgehead atoms. The van der Waals surface area contributed by atoms with E-state index >= 15 is 0 Å². The molecule has 0 saturated heterocycles. The third-order valence-corrected chi connectivity index (χ3v) is 4.48. The van der Waals surface area contributed by atoms with E-state index in [0.717, 1.165) is 17.1 Å². The Balaban J connectivity index is 0.000000307. The molecule has 3 aromatic carbocycles. The summed E-state index contributed by atoms with van der Waals surface area (Å²) in [6.07, 6.45) is 2.62. The molecule has 1 aromatic heterocycles. The summed E-state index contributed by atoms with van der Waals surface area (Å²) < 4.78 is 10.6. The van der Waals surface area contributed by atoms with E-state index in [0.29, 0.717) is 17.7 Å². The molecule has 5 heteroatoms. The first kappa shape index (κ1) is 26.2. The first-order valence-electron chi connectivity index (χ1n) is 10.0. The molecule has 0 unspecified atom stereocenters. The van der Waals surface area contributed by atoms with E-state index < -0.39 is 0 Å². The SMILES string of the molecule is CC(C)(C)c1c[c-]no1.O=C(c1ccccc1)c1ccc(COc2cc[c-]cc2)cc1.[K+]. The van der Waals surface area contributed by atoms with Crippen LogP contribution in [0.15, 0.2) is 89.5 Å². The number of hydrogen-bond donors (Lipinski definition) is 0. The molecule has 0 aliphatic rings. The van der Waals surface area contributed by atoms with Gasteiger partial charge < -0.3 is 9.26 Å². The van der Waals surface area contributed by atoms with E-state index in [-0.39, 0.29) is 62.6 Å². The molecule has 0 radical (unpaired) electrons. The fourth-order valence-electron chi connectivity index (χ4n) is 2.68. The molecular weight excluding hydrogens is 425 g/mol. The van der Waals surface area contributed by atoms with Gasteiger partial charge in [-0.05, 0) is 16.7 Å². The van der Waals surface area contributed by atoms with Gasteiger partial charge in [-0.3, -0.25) is 4.79 Å². The van der Waals surface area contributed by atoms with Gasteiger partial charge >= 0.3 is 51.4 Å². The topological polar surface area (TPSA) is 52.3 Å². The first-order valence-corrected chi connectivity index (χ1v) is 10.0. The maximum absolute atomic E-state index is 12.3. The second kappa shape index (κ2) is 12.9. The average molecular weight is 451 g/mol. The smallest absolute Gasteiger partial charge is 0.514 e. The predicted molar refractivity (Wildman–Crippen MR) is 120 cm³/mol. The summed E-state index contributed by atoms with van der Waals surface area (Å²) in [4.78, 5) is 12.3. The van der Waals surface area contributed by atoms with E-state index in [9.17, 15) is 4.79 Å². The number of hydrogen-bond acceptors (Lipinski definition) is 4. The van der Waals surface area contributed by atoms with Crippen molar-refractivity contribution in [1.29, 1.82) is 0 Å². The van der Waals surface area contributed by atoms with Gasteiger partial charge in [0.05, 0.1) is 0 Å². The summed E-state index contributed by atoms with van der Waals surface area (Å²) >= 11 is 0. The molecule has 0 amide bonds. The van der Waals surface area contributed by atoms with Crippen LogP contribution >= 0.6 is 0 Å². The second-order valence-corrected chi connectivity index (χ2v) is 7.99. The van der Waals surface area contributed by atoms with E-state index in [1.54, 1.807) is 6.07 Å². The number of benzene rings is 3. The molecule has 0 aliphatic heterocycles. The van der Waals surface area contributed by atoms with Gasteiger partial charge in [-0.15, -0.1) is 18.3 Å². The van der Waals surface area contributed by atoms with Gasteiger partial charge in [0.15, 0.2) is 5.78 Å². The molecule has 1 heterocycles. The van der Waals surface area contributed by atoms with Crippen molar-refractivity contribution in [3.63, 3.8) is 0 Å². The minimum absolute atomic E-state index is 0. The first-order chi connectivity index (χ1) is 14.9. The molecule has 0 saturated carbocycles. The Morgan fingerprint density at radius 3 is 2.09 bits per heavy atom. The fourth-order valence-corrected chi connectivity index (χ4v) is 2.68. The minimum atomic E-state index is 0. The van der Waals surface area contributed by atoms with Gasteiger partial charge in [0.2, 0.25) is 0 Å². The standard InChI is InChI=1S/C20H15O2.C7H10NO.K/c21-20(17-7-3-1-4-8-17)18-13-11-16(12-14-18)15-22-19-9-5-2-6-10-19;1-7(2,3)6-4-5-8-9-6;/h1,3-14H,15H2;4H,1-3H3;/q2*-1;+1. The number of carbonyl (C=O) groups is 1. The number of ether oxygens (including phenoxy) is 1. The number of rotatable bonds is 5. The Kier molecular flexibility index (Phi) is 10.6. The largest absolute Gasteiger partial charge is 1.00 e. The van der Waals surface area contributed by atoms with Crippen LogP contribution in [-0.2, 0) is 12.0 Å². The molecular formula is C27H25KNO3-. The van der Waals surface area contributed by atoms with Gasteiger partial charge in [-0.2, -0.15) is 24.3 Å². The van der Waals surface area contributed by atoms with Crippen LogP contribution in [0, 0.1) is 12.3 Å². The summed E-state index contributed by atoms with van der Waals surface area (Å²) in [7, 11) is 0. The van der Waals surface area contributed by atoms with Gasteiger partial charge in [0.25, 0.3) is 0 Å². The Hall–Kier alpha value is -2.02. The molecule has 0 fully saturated rings. The maximum Gasteiger partial charge on any atom is 1.00 e. The monoisotopic (exact) mass is 450 g/mol. The van der Waals surface area contributed by atoms with E-state index in [1.807, 2.05) is 78.9 Å². The summed E-state index contributed by atoms with van der Waals surface area (Å²) in [5.74, 6) is 1.72. The summed E-state index contributed by atoms with van der Waals surface area (Å²) in [6.45, 7) is 6.69. The summed E-state index contributed by atoms with van der Waals surface area (Å²) in [6, 6.07) is 28.9. The zero-order chi connectivity index (χ0) is 22.1. The summed E-state index contributed by atoms with van der Waals surface area (Å²) in [5.41, 5.74) is 2.47. The molecule has 4 nitrogen and oxygen atoms in total. The molecule has 0 spiro atoms. The molecule has 0 aliphatic carbocycles. The van der Waals surface area contributed by atoms with Crippen molar-refractivity contribution >= 4 is 5.78 Å². The Morgan fingerprint density at radius 2 is 1.56 bits per heavy atom. The van der Waals surface area contributed by atoms with Crippen LogP contribution in [0.4, 0.5) is 0 Å². The van der Waals surface area contributed by atoms with Crippen LogP contribution < -0.4 is 56.1 Å². The van der Waals surface area contributed by atoms with E-state index in [4.69, 9.17) is 9.26 Å². The molecule has 0 N–H and O–H groups in total. The molecule has 158 valence electrons. The van der Waals surface area contributed by atoms with Crippen molar-refractivity contribution < 1.29 is 65.4 Å². The number of ketones is 1. The van der Waals surface area contributed by atoms with Crippen molar-refractivity contribution in [2.45, 2.75) is 32.8 Å². The third kappa shape index (κ3) is 8.15. The van der Waals surface area contributed by atoms with Crippen molar-refractivity contribution in [2.75, 3.05) is 0 Å². The zero-order valence-corrected chi connectivity index (χ0v) is 22.1. The number of nitrogens with zero attached hydrogens (tertiary/aromatic N) is 1. The minimum Gasteiger partial charge on any atom is -0.514 e. The number of aromatic nitrogens is 1. The van der Waals surface area contributed by atoms with Crippen LogP contribution in [0.3, 0.4) is 0 Å². The van der Waals surface area contributed by atoms with E-state index in [2.05, 4.69) is 38.2 Å². The van der Waals surface area contributed by atoms with E-state index in [1.165, 1.54) is 0 Å². The van der Waals surface area contributed by atoms with Gasteiger partial charge in [-0.25, -0.2) is 5.16 Å². The van der Waals surface area contributed by atoms with Crippen molar-refractivity contribution in [2.24, 2.45) is 0 Å². The predicted octanol–water partition coefficient (Wildman–Crippen LogP) is 3.07. The van der Waals surface area contributed by atoms with Gasteiger partial charge in [0, 0.05) is 16.9 Å². The van der Waals surface area contributed by atoms with Crippen molar-refractivity contribution in [3.05, 3.63) is 120 Å². The molecule has 4 rings (SSSR count).